The van der Waals surface area contributed by atoms with Crippen LogP contribution in [0.3, 0.4) is 0 Å². The Morgan fingerprint density at radius 3 is 2.62 bits per heavy atom. The van der Waals surface area contributed by atoms with Crippen LogP contribution in [0.1, 0.15) is 33.7 Å². The summed E-state index contributed by atoms with van der Waals surface area (Å²) in [7, 11) is 1.92. The van der Waals surface area contributed by atoms with Crippen molar-refractivity contribution in [2.24, 2.45) is 0 Å². The summed E-state index contributed by atoms with van der Waals surface area (Å²) in [6.45, 7) is 5.61. The lowest BCUT2D eigenvalue weighted by Gasteiger charge is -2.36. The van der Waals surface area contributed by atoms with Gasteiger partial charge in [-0.25, -0.2) is 0 Å². The third-order valence-electron chi connectivity index (χ3n) is 6.46. The third-order valence-corrected chi connectivity index (χ3v) is 7.72. The normalized spacial score (nSPS) is 19.1. The predicted octanol–water partition coefficient (Wildman–Crippen LogP) is 5.43. The van der Waals surface area contributed by atoms with E-state index in [-0.39, 0.29) is 23.4 Å². The van der Waals surface area contributed by atoms with Crippen LogP contribution in [0.2, 0.25) is 4.34 Å². The van der Waals surface area contributed by atoms with Crippen molar-refractivity contribution >= 4 is 28.8 Å². The minimum absolute atomic E-state index is 0.0488. The van der Waals surface area contributed by atoms with Crippen molar-refractivity contribution in [1.29, 1.82) is 0 Å². The van der Waals surface area contributed by atoms with E-state index in [4.69, 9.17) is 11.6 Å². The molecule has 1 fully saturated rings. The van der Waals surface area contributed by atoms with Gasteiger partial charge < -0.3 is 9.80 Å². The minimum Gasteiger partial charge on any atom is -0.333 e. The molecule has 2 aliphatic rings. The molecule has 10 heteroatoms. The quantitative estimate of drug-likeness (QED) is 0.443. The number of carbonyl (C=O) groups is 1. The fourth-order valence-electron chi connectivity index (χ4n) is 4.81. The molecule has 0 bridgehead atoms. The molecule has 0 saturated carbocycles. The predicted molar refractivity (Wildman–Crippen MR) is 126 cm³/mol. The molecule has 0 unspecified atom stereocenters. The fraction of sp³-hybridized carbons (Fsp3) is 0.333. The third kappa shape index (κ3) is 4.06. The molecular weight excluding hydrogens is 485 g/mol. The Labute approximate surface area is 204 Å². The van der Waals surface area contributed by atoms with Gasteiger partial charge in [0, 0.05) is 42.2 Å². The first kappa shape index (κ1) is 23.1. The molecule has 0 aliphatic carbocycles. The smallest absolute Gasteiger partial charge is 0.333 e. The molecule has 4 heterocycles. The molecular formula is C24H22ClF3N4OS. The van der Waals surface area contributed by atoms with Gasteiger partial charge in [-0.15, -0.1) is 11.3 Å². The Morgan fingerprint density at radius 2 is 1.94 bits per heavy atom. The summed E-state index contributed by atoms with van der Waals surface area (Å²) >= 11 is 7.69. The number of nitrogens with zero attached hydrogens (tertiary/aromatic N) is 4. The first-order chi connectivity index (χ1) is 16.2. The van der Waals surface area contributed by atoms with Crippen LogP contribution in [0.25, 0.3) is 11.1 Å². The Morgan fingerprint density at radius 1 is 1.21 bits per heavy atom. The van der Waals surface area contributed by atoms with Crippen LogP contribution in [0, 0.1) is 0 Å². The number of halogens is 4. The number of fused-ring (bicyclic) bond motifs is 1. The van der Waals surface area contributed by atoms with E-state index in [1.54, 1.807) is 23.1 Å². The van der Waals surface area contributed by atoms with E-state index >= 15 is 0 Å². The van der Waals surface area contributed by atoms with E-state index in [2.05, 4.69) is 11.7 Å². The number of rotatable bonds is 4. The number of benzene rings is 1. The van der Waals surface area contributed by atoms with Gasteiger partial charge in [-0.05, 0) is 35.9 Å². The number of alkyl halides is 3. The maximum Gasteiger partial charge on any atom is 0.435 e. The number of thiophene rings is 1. The number of likely N-dealkylation sites (N-methyl/N-ethyl adjacent to an activating group) is 1. The summed E-state index contributed by atoms with van der Waals surface area (Å²) in [6, 6.07) is 8.82. The Kier molecular flexibility index (Phi) is 5.82. The molecule has 1 saturated heterocycles. The van der Waals surface area contributed by atoms with Gasteiger partial charge in [0.05, 0.1) is 16.9 Å². The summed E-state index contributed by atoms with van der Waals surface area (Å²) in [5.74, 6) is -0.553. The van der Waals surface area contributed by atoms with Crippen LogP contribution in [0.4, 0.5) is 13.2 Å². The first-order valence-electron chi connectivity index (χ1n) is 10.8. The van der Waals surface area contributed by atoms with Gasteiger partial charge >= 0.3 is 6.18 Å². The minimum atomic E-state index is -4.60. The lowest BCUT2D eigenvalue weighted by atomic mass is 9.84. The van der Waals surface area contributed by atoms with Gasteiger partial charge in [-0.2, -0.15) is 18.3 Å². The highest BCUT2D eigenvalue weighted by Crippen LogP contribution is 2.45. The molecule has 0 N–H and O–H groups in total. The van der Waals surface area contributed by atoms with Crippen LogP contribution in [0.15, 0.2) is 49.2 Å². The number of hydrogen-bond acceptors (Lipinski definition) is 4. The molecule has 5 rings (SSSR count). The van der Waals surface area contributed by atoms with Crippen molar-refractivity contribution in [2.75, 3.05) is 26.7 Å². The van der Waals surface area contributed by atoms with Crippen molar-refractivity contribution in [1.82, 2.24) is 19.6 Å². The molecule has 3 aromatic rings. The van der Waals surface area contributed by atoms with Crippen LogP contribution in [-0.2, 0) is 17.5 Å². The fourth-order valence-corrected chi connectivity index (χ4v) is 6.17. The molecule has 34 heavy (non-hydrogen) atoms. The maximum absolute atomic E-state index is 14.1. The molecule has 1 aromatic carbocycles. The average Bonchev–Trinajstić information content (AvgIpc) is 3.38. The molecule has 2 aliphatic heterocycles. The monoisotopic (exact) mass is 506 g/mol. The number of aromatic nitrogens is 2. The van der Waals surface area contributed by atoms with Crippen molar-refractivity contribution in [2.45, 2.75) is 24.7 Å². The standard InChI is InChI=1S/C24H22ClF3N4OS/c1-3-22(33)31-11-18(17-8-21(25)34-20(17)13-31)15-6-4-5-7-16(15)19-12-32(14-9-30(2)10-14)29-23(19)24(26,27)28/h3-8,12,14,18H,1,9-11,13H2,2H3/t18-/m0/s1. The van der Waals surface area contributed by atoms with Gasteiger partial charge in [-0.3, -0.25) is 9.48 Å². The van der Waals surface area contributed by atoms with Gasteiger partial charge in [0.1, 0.15) is 0 Å². The zero-order valence-corrected chi connectivity index (χ0v) is 19.9. The lowest BCUT2D eigenvalue weighted by molar-refractivity contribution is -0.141. The highest BCUT2D eigenvalue weighted by Gasteiger charge is 2.40. The summed E-state index contributed by atoms with van der Waals surface area (Å²) < 4.78 is 44.2. The summed E-state index contributed by atoms with van der Waals surface area (Å²) in [6.07, 6.45) is -1.83. The summed E-state index contributed by atoms with van der Waals surface area (Å²) in [5.41, 5.74) is 1.26. The molecule has 1 atom stereocenters. The number of hydrogen-bond donors (Lipinski definition) is 0. The van der Waals surface area contributed by atoms with Gasteiger partial charge in [0.15, 0.2) is 5.69 Å². The molecule has 178 valence electrons. The van der Waals surface area contributed by atoms with Crippen molar-refractivity contribution in [3.8, 4) is 11.1 Å². The molecule has 2 aromatic heterocycles. The molecule has 0 spiro atoms. The summed E-state index contributed by atoms with van der Waals surface area (Å²) in [4.78, 5) is 17.1. The Bertz CT molecular complexity index is 1260. The van der Waals surface area contributed by atoms with Gasteiger partial charge in [0.25, 0.3) is 0 Å². The number of likely N-dealkylation sites (tertiary alicyclic amines) is 1. The largest absolute Gasteiger partial charge is 0.435 e. The topological polar surface area (TPSA) is 41.4 Å². The second-order valence-electron chi connectivity index (χ2n) is 8.74. The SMILES string of the molecule is C=CC(=O)N1Cc2sc(Cl)cc2[C@H](c2ccccc2-c2cn(C3CN(C)C3)nc2C(F)(F)F)C1. The van der Waals surface area contributed by atoms with E-state index < -0.39 is 11.9 Å². The van der Waals surface area contributed by atoms with Crippen molar-refractivity contribution in [3.63, 3.8) is 0 Å². The molecule has 5 nitrogen and oxygen atoms in total. The Balaban J connectivity index is 1.64. The Hall–Kier alpha value is -2.62. The highest BCUT2D eigenvalue weighted by atomic mass is 35.5. The maximum atomic E-state index is 14.1. The second-order valence-corrected chi connectivity index (χ2v) is 10.5. The van der Waals surface area contributed by atoms with E-state index in [9.17, 15) is 18.0 Å². The van der Waals surface area contributed by atoms with Crippen LogP contribution in [-0.4, -0.2) is 52.2 Å². The lowest BCUT2D eigenvalue weighted by Crippen LogP contribution is -2.45. The van der Waals surface area contributed by atoms with Crippen molar-refractivity contribution in [3.05, 3.63) is 75.2 Å². The first-order valence-corrected chi connectivity index (χ1v) is 12.0. The van der Waals surface area contributed by atoms with E-state index in [1.807, 2.05) is 24.1 Å². The highest BCUT2D eigenvalue weighted by molar-refractivity contribution is 7.16. The zero-order chi connectivity index (χ0) is 24.2. The summed E-state index contributed by atoms with van der Waals surface area (Å²) in [5, 5.41) is 3.97. The van der Waals surface area contributed by atoms with Crippen LogP contribution in [0.5, 0.6) is 0 Å². The van der Waals surface area contributed by atoms with E-state index in [0.29, 0.717) is 41.6 Å². The number of amides is 1. The van der Waals surface area contributed by atoms with Crippen molar-refractivity contribution < 1.29 is 18.0 Å². The number of carbonyl (C=O) groups excluding carboxylic acids is 1. The van der Waals surface area contributed by atoms with Crippen LogP contribution < -0.4 is 0 Å². The zero-order valence-electron chi connectivity index (χ0n) is 18.3. The second kappa shape index (κ2) is 8.55. The van der Waals surface area contributed by atoms with Gasteiger partial charge in [-0.1, -0.05) is 42.4 Å². The van der Waals surface area contributed by atoms with Gasteiger partial charge in [0.2, 0.25) is 5.91 Å². The van der Waals surface area contributed by atoms with Crippen LogP contribution >= 0.6 is 22.9 Å². The van der Waals surface area contributed by atoms with E-state index in [1.165, 1.54) is 28.3 Å². The molecule has 1 amide bonds. The van der Waals surface area contributed by atoms with E-state index in [0.717, 1.165) is 10.4 Å². The molecule has 0 radical (unpaired) electrons. The average molecular weight is 507 g/mol.